The Labute approximate surface area is 182 Å². The van der Waals surface area contributed by atoms with E-state index >= 15 is 0 Å². The normalized spacial score (nSPS) is 10.8. The number of halogens is 3. The molecule has 0 bridgehead atoms. The molecule has 7 nitrogen and oxygen atoms in total. The van der Waals surface area contributed by atoms with E-state index in [2.05, 4.69) is 10.3 Å². The van der Waals surface area contributed by atoms with E-state index in [-0.39, 0.29) is 24.7 Å². The van der Waals surface area contributed by atoms with Crippen molar-refractivity contribution in [2.75, 3.05) is 26.6 Å². The molecule has 3 rings (SSSR count). The van der Waals surface area contributed by atoms with E-state index in [0.29, 0.717) is 22.9 Å². The third-order valence-corrected chi connectivity index (χ3v) is 4.76. The van der Waals surface area contributed by atoms with Crippen molar-refractivity contribution in [1.82, 2.24) is 9.55 Å². The lowest BCUT2D eigenvalue weighted by molar-refractivity contribution is 0.177. The van der Waals surface area contributed by atoms with Gasteiger partial charge in [-0.1, -0.05) is 0 Å². The molecule has 0 atom stereocenters. The molecule has 1 heterocycles. The molecule has 0 aliphatic heterocycles. The smallest absolute Gasteiger partial charge is 0.274 e. The summed E-state index contributed by atoms with van der Waals surface area (Å²) in [5.74, 6) is -3.11. The minimum Gasteiger partial charge on any atom is -0.493 e. The first-order valence-corrected chi connectivity index (χ1v) is 9.50. The number of hydrogen-bond acceptors (Lipinski definition) is 6. The summed E-state index contributed by atoms with van der Waals surface area (Å²) in [5.41, 5.74) is 1.33. The number of ether oxygens (including phenoxy) is 3. The molecule has 0 aliphatic rings. The van der Waals surface area contributed by atoms with Crippen molar-refractivity contribution in [3.63, 3.8) is 0 Å². The molecule has 0 amide bonds. The molecule has 0 radical (unpaired) electrons. The van der Waals surface area contributed by atoms with Gasteiger partial charge in [0.15, 0.2) is 29.0 Å². The molecule has 0 fully saturated rings. The van der Waals surface area contributed by atoms with Gasteiger partial charge in [0.2, 0.25) is 5.95 Å². The summed E-state index contributed by atoms with van der Waals surface area (Å²) in [6.07, 6.45) is 0. The average molecular weight is 449 g/mol. The fourth-order valence-electron chi connectivity index (χ4n) is 3.21. The molecule has 10 heteroatoms. The Morgan fingerprint density at radius 3 is 2.19 bits per heavy atom. The molecule has 1 aromatic heterocycles. The lowest BCUT2D eigenvalue weighted by Gasteiger charge is -2.20. The van der Waals surface area contributed by atoms with Gasteiger partial charge in [-0.3, -0.25) is 4.79 Å². The van der Waals surface area contributed by atoms with E-state index in [9.17, 15) is 18.0 Å². The van der Waals surface area contributed by atoms with Gasteiger partial charge >= 0.3 is 0 Å². The maximum Gasteiger partial charge on any atom is 0.274 e. The molecule has 0 saturated carbocycles. The summed E-state index contributed by atoms with van der Waals surface area (Å²) in [5, 5.41) is 3.07. The van der Waals surface area contributed by atoms with Crippen molar-refractivity contribution in [3.8, 4) is 11.5 Å². The second kappa shape index (κ2) is 9.73. The van der Waals surface area contributed by atoms with Crippen LogP contribution in [0.5, 0.6) is 11.5 Å². The highest BCUT2D eigenvalue weighted by atomic mass is 19.2. The summed E-state index contributed by atoms with van der Waals surface area (Å²) in [4.78, 5) is 16.2. The zero-order valence-corrected chi connectivity index (χ0v) is 18.0. The van der Waals surface area contributed by atoms with E-state index in [1.807, 2.05) is 6.92 Å². The van der Waals surface area contributed by atoms with Gasteiger partial charge in [0, 0.05) is 24.9 Å². The first kappa shape index (κ1) is 23.1. The van der Waals surface area contributed by atoms with E-state index in [1.54, 1.807) is 12.1 Å². The number of benzene rings is 2. The van der Waals surface area contributed by atoms with Gasteiger partial charge in [0.05, 0.1) is 33.1 Å². The van der Waals surface area contributed by atoms with Gasteiger partial charge in [0.25, 0.3) is 5.56 Å². The van der Waals surface area contributed by atoms with Crippen molar-refractivity contribution >= 4 is 11.6 Å². The molecule has 0 unspecified atom stereocenters. The minimum absolute atomic E-state index is 0.0313. The summed E-state index contributed by atoms with van der Waals surface area (Å²) < 4.78 is 58.2. The molecule has 0 saturated heterocycles. The Morgan fingerprint density at radius 2 is 1.59 bits per heavy atom. The van der Waals surface area contributed by atoms with E-state index in [1.165, 1.54) is 32.0 Å². The second-order valence-electron chi connectivity index (χ2n) is 6.95. The third-order valence-electron chi connectivity index (χ3n) is 4.76. The Kier molecular flexibility index (Phi) is 7.04. The van der Waals surface area contributed by atoms with Gasteiger partial charge in [-0.05, 0) is 36.2 Å². The molecule has 32 heavy (non-hydrogen) atoms. The fraction of sp³-hybridized carbons (Fsp3) is 0.273. The van der Waals surface area contributed by atoms with Crippen LogP contribution in [-0.4, -0.2) is 30.9 Å². The molecular formula is C22H22F3N3O4. The van der Waals surface area contributed by atoms with Crippen LogP contribution in [0.4, 0.5) is 24.8 Å². The SMILES string of the molecule is COCc1cc(=O)nc(Nc2cc(OC)c(OC)cc2C)n1Cc1cc(F)c(F)c(F)c1. The molecule has 0 spiro atoms. The molecule has 2 aromatic carbocycles. The van der Waals surface area contributed by atoms with Crippen molar-refractivity contribution in [1.29, 1.82) is 0 Å². The maximum atomic E-state index is 13.8. The van der Waals surface area contributed by atoms with Crippen LogP contribution in [0.25, 0.3) is 0 Å². The van der Waals surface area contributed by atoms with E-state index in [4.69, 9.17) is 14.2 Å². The molecule has 0 aliphatic carbocycles. The van der Waals surface area contributed by atoms with Crippen LogP contribution in [-0.2, 0) is 17.9 Å². The quantitative estimate of drug-likeness (QED) is 0.526. The zero-order valence-electron chi connectivity index (χ0n) is 18.0. The number of hydrogen-bond donors (Lipinski definition) is 1. The maximum absolute atomic E-state index is 13.8. The standard InChI is InChI=1S/C22H22F3N3O4/c1-12-5-18(31-3)19(32-4)9-17(12)26-22-27-20(29)8-14(11-30-2)28(22)10-13-6-15(23)21(25)16(24)7-13/h5-9H,10-11H2,1-4H3,(H,26,27,29). The van der Waals surface area contributed by atoms with Gasteiger partial charge in [0.1, 0.15) is 0 Å². The van der Waals surface area contributed by atoms with E-state index in [0.717, 1.165) is 17.7 Å². The van der Waals surface area contributed by atoms with Crippen LogP contribution in [0.15, 0.2) is 35.1 Å². The molecular weight excluding hydrogens is 427 g/mol. The lowest BCUT2D eigenvalue weighted by atomic mass is 10.1. The van der Waals surface area contributed by atoms with Crippen LogP contribution >= 0.6 is 0 Å². The first-order chi connectivity index (χ1) is 15.3. The van der Waals surface area contributed by atoms with Crippen molar-refractivity contribution < 1.29 is 27.4 Å². The summed E-state index contributed by atoms with van der Waals surface area (Å²) in [7, 11) is 4.44. The molecule has 170 valence electrons. The van der Waals surface area contributed by atoms with Crippen LogP contribution < -0.4 is 20.3 Å². The predicted octanol–water partition coefficient (Wildman–Crippen LogP) is 3.92. The van der Waals surface area contributed by atoms with Gasteiger partial charge < -0.3 is 24.1 Å². The monoisotopic (exact) mass is 449 g/mol. The Hall–Kier alpha value is -3.53. The van der Waals surface area contributed by atoms with Crippen molar-refractivity contribution in [3.05, 3.63) is 75.0 Å². The summed E-state index contributed by atoms with van der Waals surface area (Å²) >= 11 is 0. The number of anilines is 2. The number of aryl methyl sites for hydroxylation is 1. The summed E-state index contributed by atoms with van der Waals surface area (Å²) in [6, 6.07) is 6.45. The fourth-order valence-corrected chi connectivity index (χ4v) is 3.21. The van der Waals surface area contributed by atoms with Crippen LogP contribution in [0.1, 0.15) is 16.8 Å². The van der Waals surface area contributed by atoms with Crippen LogP contribution in [0, 0.1) is 24.4 Å². The second-order valence-corrected chi connectivity index (χ2v) is 6.95. The highest BCUT2D eigenvalue weighted by Crippen LogP contribution is 2.34. The van der Waals surface area contributed by atoms with Crippen molar-refractivity contribution in [2.45, 2.75) is 20.1 Å². The number of aromatic nitrogens is 2. The highest BCUT2D eigenvalue weighted by molar-refractivity contribution is 5.64. The largest absolute Gasteiger partial charge is 0.493 e. The van der Waals surface area contributed by atoms with Crippen molar-refractivity contribution in [2.24, 2.45) is 0 Å². The van der Waals surface area contributed by atoms with Gasteiger partial charge in [-0.2, -0.15) is 4.98 Å². The van der Waals surface area contributed by atoms with E-state index < -0.39 is 23.0 Å². The average Bonchev–Trinajstić information content (AvgIpc) is 2.75. The molecule has 1 N–H and O–H groups in total. The number of rotatable bonds is 8. The Bertz CT molecular complexity index is 1170. The van der Waals surface area contributed by atoms with Gasteiger partial charge in [-0.25, -0.2) is 13.2 Å². The minimum atomic E-state index is -1.55. The van der Waals surface area contributed by atoms with Crippen LogP contribution in [0.2, 0.25) is 0 Å². The Morgan fingerprint density at radius 1 is 0.969 bits per heavy atom. The first-order valence-electron chi connectivity index (χ1n) is 9.50. The summed E-state index contributed by atoms with van der Waals surface area (Å²) in [6.45, 7) is 1.74. The Balaban J connectivity index is 2.11. The zero-order chi connectivity index (χ0) is 23.4. The number of nitrogens with one attached hydrogen (secondary N) is 1. The highest BCUT2D eigenvalue weighted by Gasteiger charge is 2.16. The predicted molar refractivity (Wildman–Crippen MR) is 112 cm³/mol. The molecule has 3 aromatic rings. The third kappa shape index (κ3) is 4.86. The topological polar surface area (TPSA) is 74.6 Å². The lowest BCUT2D eigenvalue weighted by Crippen LogP contribution is -2.21. The number of methoxy groups -OCH3 is 3. The van der Waals surface area contributed by atoms with Gasteiger partial charge in [-0.15, -0.1) is 0 Å². The number of nitrogens with zero attached hydrogens (tertiary/aromatic N) is 2. The van der Waals surface area contributed by atoms with Crippen LogP contribution in [0.3, 0.4) is 0 Å².